The van der Waals surface area contributed by atoms with Crippen molar-refractivity contribution in [2.45, 2.75) is 19.3 Å². The van der Waals surface area contributed by atoms with E-state index in [0.29, 0.717) is 5.92 Å². The first kappa shape index (κ1) is 11.5. The summed E-state index contributed by atoms with van der Waals surface area (Å²) in [5.74, 6) is 1.49. The lowest BCUT2D eigenvalue weighted by Crippen LogP contribution is -2.06. The van der Waals surface area contributed by atoms with Crippen LogP contribution >= 0.6 is 0 Å². The monoisotopic (exact) mass is 264 g/mol. The molecule has 2 aromatic heterocycles. The van der Waals surface area contributed by atoms with Crippen molar-refractivity contribution < 1.29 is 0 Å². The first-order valence-electron chi connectivity index (χ1n) is 6.93. The van der Waals surface area contributed by atoms with Gasteiger partial charge >= 0.3 is 0 Å². The van der Waals surface area contributed by atoms with Crippen LogP contribution in [0.2, 0.25) is 0 Å². The number of anilines is 1. The van der Waals surface area contributed by atoms with Gasteiger partial charge in [0.05, 0.1) is 5.52 Å². The average molecular weight is 264 g/mol. The van der Waals surface area contributed by atoms with E-state index in [1.807, 2.05) is 13.1 Å². The third-order valence-electron chi connectivity index (χ3n) is 3.90. The van der Waals surface area contributed by atoms with Gasteiger partial charge in [-0.15, -0.1) is 0 Å². The van der Waals surface area contributed by atoms with Crippen molar-refractivity contribution in [1.82, 2.24) is 15.0 Å². The Morgan fingerprint density at radius 2 is 2.20 bits per heavy atom. The van der Waals surface area contributed by atoms with E-state index in [1.165, 1.54) is 11.3 Å². The van der Waals surface area contributed by atoms with Gasteiger partial charge in [-0.3, -0.25) is 0 Å². The molecule has 1 aromatic carbocycles. The van der Waals surface area contributed by atoms with Crippen LogP contribution in [0, 0.1) is 6.92 Å². The number of para-hydroxylation sites is 1. The third kappa shape index (κ3) is 1.84. The maximum atomic E-state index is 4.60. The van der Waals surface area contributed by atoms with Gasteiger partial charge in [0.1, 0.15) is 5.82 Å². The Hall–Kier alpha value is -2.36. The molecule has 0 aliphatic carbocycles. The van der Waals surface area contributed by atoms with Gasteiger partial charge in [-0.25, -0.2) is 9.97 Å². The molecule has 4 heteroatoms. The molecule has 0 saturated carbocycles. The number of fused-ring (bicyclic) bond motifs is 2. The Balaban J connectivity index is 1.65. The number of nitrogens with one attached hydrogen (secondary N) is 2. The minimum Gasteiger partial charge on any atom is -0.384 e. The summed E-state index contributed by atoms with van der Waals surface area (Å²) in [6.45, 7) is 3.02. The van der Waals surface area contributed by atoms with E-state index in [1.54, 1.807) is 0 Å². The Morgan fingerprint density at radius 3 is 3.15 bits per heavy atom. The molecule has 20 heavy (non-hydrogen) atoms. The molecule has 0 spiro atoms. The molecule has 3 heterocycles. The summed E-state index contributed by atoms with van der Waals surface area (Å²) in [7, 11) is 0. The maximum Gasteiger partial charge on any atom is 0.177 e. The molecule has 3 aromatic rings. The molecule has 0 amide bonds. The summed E-state index contributed by atoms with van der Waals surface area (Å²) < 4.78 is 0. The van der Waals surface area contributed by atoms with E-state index in [0.717, 1.165) is 35.5 Å². The molecule has 0 bridgehead atoms. The van der Waals surface area contributed by atoms with Crippen molar-refractivity contribution in [3.63, 3.8) is 0 Å². The van der Waals surface area contributed by atoms with Crippen LogP contribution in [0.1, 0.15) is 22.9 Å². The van der Waals surface area contributed by atoms with Crippen LogP contribution in [-0.4, -0.2) is 21.5 Å². The molecule has 4 nitrogen and oxygen atoms in total. The van der Waals surface area contributed by atoms with Crippen molar-refractivity contribution in [3.05, 3.63) is 53.5 Å². The largest absolute Gasteiger partial charge is 0.384 e. The first-order valence-corrected chi connectivity index (χ1v) is 6.93. The minimum atomic E-state index is 0.479. The predicted molar refractivity (Wildman–Crippen MR) is 80.0 cm³/mol. The number of hydrogen-bond acceptors (Lipinski definition) is 3. The van der Waals surface area contributed by atoms with Crippen molar-refractivity contribution in [2.75, 3.05) is 11.9 Å². The average Bonchev–Trinajstić information content (AvgIpc) is 3.03. The number of benzene rings is 1. The van der Waals surface area contributed by atoms with Crippen LogP contribution in [0.4, 0.5) is 5.69 Å². The second-order valence-corrected chi connectivity index (χ2v) is 5.44. The van der Waals surface area contributed by atoms with Gasteiger partial charge < -0.3 is 10.3 Å². The highest BCUT2D eigenvalue weighted by atomic mass is 15.0. The number of nitrogens with zero attached hydrogens (tertiary/aromatic N) is 2. The lowest BCUT2D eigenvalue weighted by molar-refractivity contribution is 0.723. The smallest absolute Gasteiger partial charge is 0.177 e. The number of aromatic amines is 1. The van der Waals surface area contributed by atoms with E-state index < -0.39 is 0 Å². The van der Waals surface area contributed by atoms with Crippen molar-refractivity contribution in [2.24, 2.45) is 0 Å². The van der Waals surface area contributed by atoms with Crippen LogP contribution in [0.3, 0.4) is 0 Å². The quantitative estimate of drug-likeness (QED) is 0.748. The van der Waals surface area contributed by atoms with Gasteiger partial charge in [-0.2, -0.15) is 0 Å². The van der Waals surface area contributed by atoms with Crippen LogP contribution in [0.25, 0.3) is 11.2 Å². The first-order chi connectivity index (χ1) is 9.79. The minimum absolute atomic E-state index is 0.479. The zero-order valence-corrected chi connectivity index (χ0v) is 11.4. The summed E-state index contributed by atoms with van der Waals surface area (Å²) in [6, 6.07) is 10.6. The molecule has 1 atom stereocenters. The highest BCUT2D eigenvalue weighted by Crippen LogP contribution is 2.33. The Bertz CT molecular complexity index is 775. The maximum absolute atomic E-state index is 4.60. The van der Waals surface area contributed by atoms with Crippen LogP contribution in [0.15, 0.2) is 36.5 Å². The van der Waals surface area contributed by atoms with Crippen LogP contribution in [-0.2, 0) is 6.42 Å². The lowest BCUT2D eigenvalue weighted by Gasteiger charge is -2.07. The number of H-pyrrole nitrogens is 1. The molecule has 1 aliphatic rings. The zero-order chi connectivity index (χ0) is 13.5. The summed E-state index contributed by atoms with van der Waals surface area (Å²) in [5, 5.41) is 3.46. The fourth-order valence-corrected chi connectivity index (χ4v) is 2.92. The second kappa shape index (κ2) is 4.34. The molecule has 1 unspecified atom stereocenters. The van der Waals surface area contributed by atoms with Crippen molar-refractivity contribution in [1.29, 1.82) is 0 Å². The van der Waals surface area contributed by atoms with Crippen LogP contribution in [0.5, 0.6) is 0 Å². The fraction of sp³-hybridized carbons (Fsp3) is 0.250. The predicted octanol–water partition coefficient (Wildman–Crippen LogP) is 3.02. The summed E-state index contributed by atoms with van der Waals surface area (Å²) in [4.78, 5) is 12.4. The van der Waals surface area contributed by atoms with Gasteiger partial charge in [0.25, 0.3) is 0 Å². The van der Waals surface area contributed by atoms with Gasteiger partial charge in [-0.1, -0.05) is 18.2 Å². The van der Waals surface area contributed by atoms with Crippen molar-refractivity contribution >= 4 is 16.9 Å². The number of imidazole rings is 1. The molecular formula is C16H16N4. The highest BCUT2D eigenvalue weighted by Gasteiger charge is 2.22. The van der Waals surface area contributed by atoms with E-state index >= 15 is 0 Å². The normalized spacial score (nSPS) is 17.1. The van der Waals surface area contributed by atoms with Gasteiger partial charge in [-0.05, 0) is 30.2 Å². The standard InChI is InChI=1S/C16H16N4/c1-10-6-14-16(18-8-10)20-15(19-14)7-11-9-17-13-5-3-2-4-12(11)13/h2-6,8,11,17H,7,9H2,1H3,(H,18,19,20). The molecule has 1 aliphatic heterocycles. The Morgan fingerprint density at radius 1 is 1.30 bits per heavy atom. The molecule has 4 rings (SSSR count). The number of aryl methyl sites for hydroxylation is 1. The van der Waals surface area contributed by atoms with Crippen molar-refractivity contribution in [3.8, 4) is 0 Å². The van der Waals surface area contributed by atoms with E-state index in [9.17, 15) is 0 Å². The van der Waals surface area contributed by atoms with Gasteiger partial charge in [0, 0.05) is 30.8 Å². The lowest BCUT2D eigenvalue weighted by atomic mass is 9.98. The topological polar surface area (TPSA) is 53.6 Å². The van der Waals surface area contributed by atoms with E-state index in [2.05, 4.69) is 50.6 Å². The molecule has 2 N–H and O–H groups in total. The second-order valence-electron chi connectivity index (χ2n) is 5.44. The molecule has 0 radical (unpaired) electrons. The number of pyridine rings is 1. The Labute approximate surface area is 117 Å². The number of rotatable bonds is 2. The summed E-state index contributed by atoms with van der Waals surface area (Å²) >= 11 is 0. The molecule has 0 fully saturated rings. The van der Waals surface area contributed by atoms with E-state index in [-0.39, 0.29) is 0 Å². The summed E-state index contributed by atoms with van der Waals surface area (Å²) in [6.07, 6.45) is 2.78. The Kier molecular flexibility index (Phi) is 2.49. The highest BCUT2D eigenvalue weighted by molar-refractivity contribution is 5.71. The third-order valence-corrected chi connectivity index (χ3v) is 3.90. The number of aromatic nitrogens is 3. The molecule has 0 saturated heterocycles. The summed E-state index contributed by atoms with van der Waals surface area (Å²) in [5.41, 5.74) is 5.63. The zero-order valence-electron chi connectivity index (χ0n) is 11.4. The SMILES string of the molecule is Cc1cnc2nc(CC3CNc4ccccc43)[nH]c2c1. The van der Waals surface area contributed by atoms with Crippen LogP contribution < -0.4 is 5.32 Å². The van der Waals surface area contributed by atoms with E-state index in [4.69, 9.17) is 0 Å². The van der Waals surface area contributed by atoms with Gasteiger partial charge in [0.15, 0.2) is 5.65 Å². The fourth-order valence-electron chi connectivity index (χ4n) is 2.92. The molecular weight excluding hydrogens is 248 g/mol. The molecule has 100 valence electrons. The number of hydrogen-bond donors (Lipinski definition) is 2. The van der Waals surface area contributed by atoms with Gasteiger partial charge in [0.2, 0.25) is 0 Å².